The summed E-state index contributed by atoms with van der Waals surface area (Å²) in [5.74, 6) is -2.51. The lowest BCUT2D eigenvalue weighted by Gasteiger charge is -2.11. The fraction of sp³-hybridized carbons (Fsp3) is 0.333. The number of anilines is 1. The summed E-state index contributed by atoms with van der Waals surface area (Å²) in [7, 11) is 0. The normalized spacial score (nSPS) is 20.0. The first kappa shape index (κ1) is 16.9. The number of amides is 2. The van der Waals surface area contributed by atoms with Crippen LogP contribution >= 0.6 is 0 Å². The van der Waals surface area contributed by atoms with Gasteiger partial charge in [-0.2, -0.15) is 5.10 Å². The fourth-order valence-electron chi connectivity index (χ4n) is 2.88. The Bertz CT molecular complexity index is 781. The minimum Gasteiger partial charge on any atom is -0.345 e. The maximum atomic E-state index is 12.4. The predicted molar refractivity (Wildman–Crippen MR) is 92.1 cm³/mol. The second-order valence-corrected chi connectivity index (χ2v) is 6.51. The van der Waals surface area contributed by atoms with Gasteiger partial charge in [0.2, 0.25) is 11.8 Å². The minimum atomic E-state index is -1.28. The van der Waals surface area contributed by atoms with Crippen molar-refractivity contribution in [2.24, 2.45) is 11.8 Å². The highest BCUT2D eigenvalue weighted by atomic mass is 16.2. The van der Waals surface area contributed by atoms with Crippen LogP contribution in [0.2, 0.25) is 0 Å². The zero-order chi connectivity index (χ0) is 18.0. The van der Waals surface area contributed by atoms with E-state index >= 15 is 0 Å². The van der Waals surface area contributed by atoms with E-state index in [-0.39, 0.29) is 11.7 Å². The van der Waals surface area contributed by atoms with Crippen LogP contribution in [0.5, 0.6) is 0 Å². The molecule has 0 spiro atoms. The molecule has 2 unspecified atom stereocenters. The molecule has 2 aromatic rings. The first-order valence-corrected chi connectivity index (χ1v) is 8.20. The molecule has 7 heteroatoms. The quantitative estimate of drug-likeness (QED) is 0.808. The number of hydrogen-bond acceptors (Lipinski definition) is 4. The Labute approximate surface area is 145 Å². The van der Waals surface area contributed by atoms with E-state index < -0.39 is 23.8 Å². The summed E-state index contributed by atoms with van der Waals surface area (Å²) in [4.78, 5) is 36.7. The number of benzene rings is 1. The molecule has 1 aromatic carbocycles. The number of nitrogens with one attached hydrogen (secondary N) is 2. The van der Waals surface area contributed by atoms with Gasteiger partial charge in [-0.05, 0) is 42.7 Å². The van der Waals surface area contributed by atoms with Gasteiger partial charge in [-0.15, -0.1) is 0 Å². The Balaban J connectivity index is 1.67. The van der Waals surface area contributed by atoms with Crippen LogP contribution in [0.3, 0.4) is 0 Å². The van der Waals surface area contributed by atoms with Crippen molar-refractivity contribution < 1.29 is 14.4 Å². The molecule has 1 aromatic heterocycles. The molecule has 2 heterocycles. The Morgan fingerprint density at radius 2 is 2.00 bits per heavy atom. The van der Waals surface area contributed by atoms with Crippen molar-refractivity contribution in [1.29, 1.82) is 0 Å². The van der Waals surface area contributed by atoms with E-state index in [0.29, 0.717) is 12.1 Å². The molecule has 1 fully saturated rings. The number of nitrogens with zero attached hydrogens (tertiary/aromatic N) is 2. The van der Waals surface area contributed by atoms with Gasteiger partial charge < -0.3 is 10.6 Å². The largest absolute Gasteiger partial charge is 0.345 e. The number of Topliss-reactive ketones (excluding diaryl/α,β-unsaturated/α-hetero) is 1. The average Bonchev–Trinajstić information content (AvgIpc) is 3.17. The smallest absolute Gasteiger partial charge is 0.244 e. The third-order valence-electron chi connectivity index (χ3n) is 4.08. The van der Waals surface area contributed by atoms with E-state index in [9.17, 15) is 14.4 Å². The predicted octanol–water partition coefficient (Wildman–Crippen LogP) is 1.54. The van der Waals surface area contributed by atoms with Crippen molar-refractivity contribution in [3.05, 3.63) is 42.7 Å². The van der Waals surface area contributed by atoms with Crippen LogP contribution in [0.25, 0.3) is 5.69 Å². The Morgan fingerprint density at radius 1 is 1.28 bits per heavy atom. The lowest BCUT2D eigenvalue weighted by atomic mass is 9.96. The van der Waals surface area contributed by atoms with Crippen LogP contribution in [-0.4, -0.2) is 33.4 Å². The van der Waals surface area contributed by atoms with E-state index in [4.69, 9.17) is 0 Å². The molecule has 1 saturated heterocycles. The van der Waals surface area contributed by atoms with Crippen molar-refractivity contribution in [2.45, 2.75) is 26.3 Å². The first-order valence-electron chi connectivity index (χ1n) is 8.20. The summed E-state index contributed by atoms with van der Waals surface area (Å²) in [5, 5.41) is 9.38. The van der Waals surface area contributed by atoms with E-state index in [2.05, 4.69) is 15.7 Å². The summed E-state index contributed by atoms with van der Waals surface area (Å²) in [5.41, 5.74) is 1.36. The lowest BCUT2D eigenvalue weighted by Crippen LogP contribution is -2.33. The Kier molecular flexibility index (Phi) is 4.65. The van der Waals surface area contributed by atoms with Crippen molar-refractivity contribution >= 4 is 23.3 Å². The zero-order valence-corrected chi connectivity index (χ0v) is 14.1. The molecular formula is C18H20N4O3. The van der Waals surface area contributed by atoms with Gasteiger partial charge in [0.25, 0.3) is 0 Å². The minimum absolute atomic E-state index is 0.255. The van der Waals surface area contributed by atoms with Crippen molar-refractivity contribution in [3.63, 3.8) is 0 Å². The van der Waals surface area contributed by atoms with Crippen LogP contribution in [0.4, 0.5) is 5.69 Å². The number of rotatable bonds is 5. The van der Waals surface area contributed by atoms with Crippen LogP contribution in [0.15, 0.2) is 42.7 Å². The first-order chi connectivity index (χ1) is 12.0. The van der Waals surface area contributed by atoms with Gasteiger partial charge in [-0.3, -0.25) is 14.4 Å². The number of hydrogen-bond donors (Lipinski definition) is 2. The molecule has 1 aliphatic rings. The molecule has 3 rings (SSSR count). The van der Waals surface area contributed by atoms with Crippen molar-refractivity contribution in [1.82, 2.24) is 15.1 Å². The zero-order valence-electron chi connectivity index (χ0n) is 14.1. The highest BCUT2D eigenvalue weighted by molar-refractivity contribution is 6.26. The van der Waals surface area contributed by atoms with E-state index in [1.165, 1.54) is 0 Å². The highest BCUT2D eigenvalue weighted by Gasteiger charge is 2.45. The van der Waals surface area contributed by atoms with Crippen LogP contribution in [-0.2, 0) is 14.4 Å². The topological polar surface area (TPSA) is 93.1 Å². The van der Waals surface area contributed by atoms with E-state index in [1.807, 2.05) is 26.1 Å². The average molecular weight is 340 g/mol. The molecule has 0 aliphatic carbocycles. The molecule has 2 N–H and O–H groups in total. The van der Waals surface area contributed by atoms with Gasteiger partial charge in [-0.25, -0.2) is 4.68 Å². The van der Waals surface area contributed by atoms with Gasteiger partial charge in [-0.1, -0.05) is 13.8 Å². The molecule has 0 saturated carbocycles. The van der Waals surface area contributed by atoms with Crippen LogP contribution in [0, 0.1) is 11.8 Å². The SMILES string of the molecule is CC(C)CC1NC(=O)C(C(=O)Nc2ccc(-n3cccn3)cc2)C1=O. The molecule has 2 atom stereocenters. The van der Waals surface area contributed by atoms with Crippen molar-refractivity contribution in [3.8, 4) is 5.69 Å². The number of carbonyl (C=O) groups excluding carboxylic acids is 3. The molecule has 130 valence electrons. The van der Waals surface area contributed by atoms with E-state index in [1.54, 1.807) is 35.1 Å². The van der Waals surface area contributed by atoms with Gasteiger partial charge >= 0.3 is 0 Å². The maximum Gasteiger partial charge on any atom is 0.244 e. The van der Waals surface area contributed by atoms with Gasteiger partial charge in [0.15, 0.2) is 11.7 Å². The summed E-state index contributed by atoms with van der Waals surface area (Å²) in [6, 6.07) is 8.23. The molecule has 2 amide bonds. The molecule has 7 nitrogen and oxygen atoms in total. The summed E-state index contributed by atoms with van der Waals surface area (Å²) in [6.07, 6.45) is 4.02. The van der Waals surface area contributed by atoms with Crippen LogP contribution in [0.1, 0.15) is 20.3 Å². The molecule has 1 aliphatic heterocycles. The molecular weight excluding hydrogens is 320 g/mol. The third kappa shape index (κ3) is 3.60. The number of ketones is 1. The van der Waals surface area contributed by atoms with Gasteiger partial charge in [0.1, 0.15) is 0 Å². The second-order valence-electron chi connectivity index (χ2n) is 6.51. The highest BCUT2D eigenvalue weighted by Crippen LogP contribution is 2.20. The second kappa shape index (κ2) is 6.88. The molecule has 0 radical (unpaired) electrons. The number of aromatic nitrogens is 2. The standard InChI is InChI=1S/C18H20N4O3/c1-11(2)10-14-16(23)15(18(25)21-14)17(24)20-12-4-6-13(7-5-12)22-9-3-8-19-22/h3-9,11,14-15H,10H2,1-2H3,(H,20,24)(H,21,25). The summed E-state index contributed by atoms with van der Waals surface area (Å²) >= 11 is 0. The Hall–Kier alpha value is -2.96. The van der Waals surface area contributed by atoms with Gasteiger partial charge in [0.05, 0.1) is 11.7 Å². The lowest BCUT2D eigenvalue weighted by molar-refractivity contribution is -0.135. The maximum absolute atomic E-state index is 12.4. The number of carbonyl (C=O) groups is 3. The monoisotopic (exact) mass is 340 g/mol. The van der Waals surface area contributed by atoms with Gasteiger partial charge in [0, 0.05) is 18.1 Å². The van der Waals surface area contributed by atoms with Crippen molar-refractivity contribution in [2.75, 3.05) is 5.32 Å². The summed E-state index contributed by atoms with van der Waals surface area (Å²) < 4.78 is 1.69. The van der Waals surface area contributed by atoms with Crippen LogP contribution < -0.4 is 10.6 Å². The molecule has 25 heavy (non-hydrogen) atoms. The third-order valence-corrected chi connectivity index (χ3v) is 4.08. The molecule has 0 bridgehead atoms. The van der Waals surface area contributed by atoms with E-state index in [0.717, 1.165) is 5.69 Å². The summed E-state index contributed by atoms with van der Waals surface area (Å²) in [6.45, 7) is 3.93. The fourth-order valence-corrected chi connectivity index (χ4v) is 2.88. The Morgan fingerprint density at radius 3 is 2.60 bits per heavy atom.